The van der Waals surface area contributed by atoms with Crippen LogP contribution < -0.4 is 16.2 Å². The summed E-state index contributed by atoms with van der Waals surface area (Å²) in [5.74, 6) is 0.883. The molecule has 0 aliphatic heterocycles. The van der Waals surface area contributed by atoms with Crippen molar-refractivity contribution in [3.8, 4) is 5.82 Å². The van der Waals surface area contributed by atoms with Crippen LogP contribution in [0.15, 0.2) is 66.0 Å². The molecule has 0 fully saturated rings. The SMILES string of the molecule is Cc1ncn(CC(=O)Nc2ccc(Nc3ccc(-n4cccn4)nn3)cc2)c(=O)c1C. The third kappa shape index (κ3) is 4.64. The second-order valence-corrected chi connectivity index (χ2v) is 6.87. The molecule has 31 heavy (non-hydrogen) atoms. The van der Waals surface area contributed by atoms with Crippen LogP contribution >= 0.6 is 0 Å². The van der Waals surface area contributed by atoms with Crippen molar-refractivity contribution in [2.75, 3.05) is 10.6 Å². The summed E-state index contributed by atoms with van der Waals surface area (Å²) in [5.41, 5.74) is 2.37. The van der Waals surface area contributed by atoms with Crippen molar-refractivity contribution >= 4 is 23.1 Å². The average molecular weight is 416 g/mol. The van der Waals surface area contributed by atoms with Gasteiger partial charge in [-0.15, -0.1) is 10.2 Å². The molecular formula is C21H20N8O2. The quantitative estimate of drug-likeness (QED) is 0.494. The van der Waals surface area contributed by atoms with Crippen molar-refractivity contribution in [2.24, 2.45) is 0 Å². The van der Waals surface area contributed by atoms with Crippen molar-refractivity contribution in [1.82, 2.24) is 29.5 Å². The first-order chi connectivity index (χ1) is 15.0. The van der Waals surface area contributed by atoms with Gasteiger partial charge in [0, 0.05) is 35.0 Å². The number of anilines is 3. The van der Waals surface area contributed by atoms with Gasteiger partial charge < -0.3 is 10.6 Å². The molecule has 0 radical (unpaired) electrons. The topological polar surface area (TPSA) is 120 Å². The Morgan fingerprint density at radius 1 is 1.03 bits per heavy atom. The maximum Gasteiger partial charge on any atom is 0.256 e. The minimum Gasteiger partial charge on any atom is -0.339 e. The fourth-order valence-corrected chi connectivity index (χ4v) is 2.85. The van der Waals surface area contributed by atoms with Gasteiger partial charge in [0.05, 0.1) is 6.33 Å². The van der Waals surface area contributed by atoms with Gasteiger partial charge in [0.15, 0.2) is 11.6 Å². The minimum absolute atomic E-state index is 0.106. The predicted molar refractivity (Wildman–Crippen MR) is 115 cm³/mol. The van der Waals surface area contributed by atoms with Crippen molar-refractivity contribution in [3.05, 3.63) is 82.8 Å². The molecule has 1 amide bonds. The Morgan fingerprint density at radius 3 is 2.48 bits per heavy atom. The number of carbonyl (C=O) groups is 1. The van der Waals surface area contributed by atoms with E-state index >= 15 is 0 Å². The molecule has 1 aromatic carbocycles. The van der Waals surface area contributed by atoms with Gasteiger partial charge in [-0.3, -0.25) is 14.2 Å². The van der Waals surface area contributed by atoms with Gasteiger partial charge in [0.2, 0.25) is 5.91 Å². The van der Waals surface area contributed by atoms with Crippen LogP contribution in [0, 0.1) is 13.8 Å². The van der Waals surface area contributed by atoms with E-state index in [9.17, 15) is 9.59 Å². The Morgan fingerprint density at radius 2 is 1.81 bits per heavy atom. The Kier molecular flexibility index (Phi) is 5.52. The lowest BCUT2D eigenvalue weighted by atomic mass is 10.2. The maximum atomic E-state index is 12.3. The maximum absolute atomic E-state index is 12.3. The predicted octanol–water partition coefficient (Wildman–Crippen LogP) is 2.22. The fourth-order valence-electron chi connectivity index (χ4n) is 2.85. The number of benzene rings is 1. The van der Waals surface area contributed by atoms with Crippen LogP contribution in [0.2, 0.25) is 0 Å². The number of carbonyl (C=O) groups excluding carboxylic acids is 1. The first-order valence-corrected chi connectivity index (χ1v) is 9.53. The molecule has 0 saturated heterocycles. The van der Waals surface area contributed by atoms with E-state index in [4.69, 9.17) is 0 Å². The largest absolute Gasteiger partial charge is 0.339 e. The molecule has 0 aliphatic carbocycles. The fraction of sp³-hybridized carbons (Fsp3) is 0.143. The Labute approximate surface area is 177 Å². The van der Waals surface area contributed by atoms with E-state index in [1.165, 1.54) is 10.9 Å². The molecular weight excluding hydrogens is 396 g/mol. The molecule has 0 unspecified atom stereocenters. The van der Waals surface area contributed by atoms with E-state index < -0.39 is 0 Å². The zero-order valence-corrected chi connectivity index (χ0v) is 17.0. The van der Waals surface area contributed by atoms with Crippen LogP contribution in [-0.4, -0.2) is 35.4 Å². The van der Waals surface area contributed by atoms with Gasteiger partial charge in [0.25, 0.3) is 5.56 Å². The number of aryl methyl sites for hydroxylation is 1. The van der Waals surface area contributed by atoms with Gasteiger partial charge in [-0.05, 0) is 56.3 Å². The molecule has 0 atom stereocenters. The molecule has 0 aliphatic rings. The standard InChI is InChI=1S/C21H20N8O2/c1-14-15(2)22-13-28(21(14)31)12-20(30)25-17-6-4-16(5-7-17)24-18-8-9-19(27-26-18)29-11-3-10-23-29/h3-11,13H,12H2,1-2H3,(H,24,26)(H,25,30). The normalized spacial score (nSPS) is 10.6. The highest BCUT2D eigenvalue weighted by Gasteiger charge is 2.09. The summed E-state index contributed by atoms with van der Waals surface area (Å²) < 4.78 is 2.91. The highest BCUT2D eigenvalue weighted by Crippen LogP contribution is 2.17. The summed E-state index contributed by atoms with van der Waals surface area (Å²) >= 11 is 0. The molecule has 0 saturated carbocycles. The highest BCUT2D eigenvalue weighted by atomic mass is 16.2. The van der Waals surface area contributed by atoms with Crippen LogP contribution in [-0.2, 0) is 11.3 Å². The van der Waals surface area contributed by atoms with E-state index in [2.05, 4.69) is 30.9 Å². The number of rotatable bonds is 6. The van der Waals surface area contributed by atoms with Crippen LogP contribution in [0.25, 0.3) is 5.82 Å². The summed E-state index contributed by atoms with van der Waals surface area (Å²) in [6.45, 7) is 3.35. The first kappa shape index (κ1) is 20.0. The first-order valence-electron chi connectivity index (χ1n) is 9.53. The molecule has 3 heterocycles. The molecule has 10 nitrogen and oxygen atoms in total. The lowest BCUT2D eigenvalue weighted by molar-refractivity contribution is -0.116. The van der Waals surface area contributed by atoms with Crippen LogP contribution in [0.4, 0.5) is 17.2 Å². The van der Waals surface area contributed by atoms with Crippen molar-refractivity contribution in [3.63, 3.8) is 0 Å². The van der Waals surface area contributed by atoms with Gasteiger partial charge in [-0.1, -0.05) is 0 Å². The second-order valence-electron chi connectivity index (χ2n) is 6.87. The van der Waals surface area contributed by atoms with E-state index in [1.54, 1.807) is 55.2 Å². The van der Waals surface area contributed by atoms with E-state index in [0.717, 1.165) is 5.69 Å². The van der Waals surface area contributed by atoms with Crippen molar-refractivity contribution in [2.45, 2.75) is 20.4 Å². The molecule has 4 rings (SSSR count). The van der Waals surface area contributed by atoms with Gasteiger partial charge in [-0.2, -0.15) is 5.10 Å². The minimum atomic E-state index is -0.312. The van der Waals surface area contributed by atoms with Gasteiger partial charge in [-0.25, -0.2) is 9.67 Å². The molecule has 0 spiro atoms. The number of nitrogens with zero attached hydrogens (tertiary/aromatic N) is 6. The summed E-state index contributed by atoms with van der Waals surface area (Å²) in [4.78, 5) is 28.6. The van der Waals surface area contributed by atoms with E-state index in [0.29, 0.717) is 28.6 Å². The van der Waals surface area contributed by atoms with Crippen LogP contribution in [0.1, 0.15) is 11.3 Å². The Hall–Kier alpha value is -4.34. The summed E-state index contributed by atoms with van der Waals surface area (Å²) in [6.07, 6.45) is 4.85. The number of nitrogens with one attached hydrogen (secondary N) is 2. The summed E-state index contributed by atoms with van der Waals surface area (Å²) in [6, 6.07) is 12.5. The third-order valence-corrected chi connectivity index (χ3v) is 4.66. The number of aromatic nitrogens is 6. The molecule has 4 aromatic rings. The highest BCUT2D eigenvalue weighted by molar-refractivity contribution is 5.90. The van der Waals surface area contributed by atoms with E-state index in [-0.39, 0.29) is 18.0 Å². The Balaban J connectivity index is 1.36. The number of hydrogen-bond acceptors (Lipinski definition) is 7. The number of amides is 1. The monoisotopic (exact) mass is 416 g/mol. The van der Waals surface area contributed by atoms with Gasteiger partial charge in [0.1, 0.15) is 6.54 Å². The molecule has 0 bridgehead atoms. The second kappa shape index (κ2) is 8.57. The number of hydrogen-bond donors (Lipinski definition) is 2. The molecule has 10 heteroatoms. The smallest absolute Gasteiger partial charge is 0.256 e. The molecule has 156 valence electrons. The van der Waals surface area contributed by atoms with Crippen molar-refractivity contribution < 1.29 is 4.79 Å². The molecule has 2 N–H and O–H groups in total. The summed E-state index contributed by atoms with van der Waals surface area (Å²) in [7, 11) is 0. The van der Waals surface area contributed by atoms with Gasteiger partial charge >= 0.3 is 0 Å². The molecule has 3 aromatic heterocycles. The van der Waals surface area contributed by atoms with Crippen molar-refractivity contribution in [1.29, 1.82) is 0 Å². The lowest BCUT2D eigenvalue weighted by Gasteiger charge is -2.10. The Bertz CT molecular complexity index is 1250. The third-order valence-electron chi connectivity index (χ3n) is 4.66. The summed E-state index contributed by atoms with van der Waals surface area (Å²) in [5, 5.41) is 18.3. The van der Waals surface area contributed by atoms with E-state index in [1.807, 2.05) is 18.2 Å². The van der Waals surface area contributed by atoms with Crippen LogP contribution in [0.5, 0.6) is 0 Å². The zero-order valence-electron chi connectivity index (χ0n) is 17.0. The lowest BCUT2D eigenvalue weighted by Crippen LogP contribution is -2.29. The van der Waals surface area contributed by atoms with Crippen LogP contribution in [0.3, 0.4) is 0 Å². The average Bonchev–Trinajstić information content (AvgIpc) is 3.31. The zero-order chi connectivity index (χ0) is 21.8.